The van der Waals surface area contributed by atoms with E-state index in [0.29, 0.717) is 0 Å². The minimum Gasteiger partial charge on any atom is -0.394 e. The van der Waals surface area contributed by atoms with E-state index in [2.05, 4.69) is 0 Å². The second-order valence-electron chi connectivity index (χ2n) is 3.73. The van der Waals surface area contributed by atoms with Crippen LogP contribution in [0.3, 0.4) is 0 Å². The maximum atomic E-state index is 12.0. The standard InChI is InChI=1S/C8H17F3N2O/c1-3-13(5-8(9,10)11)4-7(2,12)6-14/h14H,3-6,12H2,1-2H3. The topological polar surface area (TPSA) is 49.5 Å². The van der Waals surface area contributed by atoms with E-state index >= 15 is 0 Å². The third-order valence-electron chi connectivity index (χ3n) is 1.80. The van der Waals surface area contributed by atoms with Crippen LogP contribution in [0.2, 0.25) is 0 Å². The fourth-order valence-electron chi connectivity index (χ4n) is 1.09. The molecule has 0 fully saturated rings. The molecule has 3 N–H and O–H groups in total. The SMILES string of the molecule is CCN(CC(F)(F)F)CC(C)(N)CO. The van der Waals surface area contributed by atoms with Gasteiger partial charge in [0.15, 0.2) is 0 Å². The highest BCUT2D eigenvalue weighted by atomic mass is 19.4. The molecular formula is C8H17F3N2O. The van der Waals surface area contributed by atoms with Gasteiger partial charge < -0.3 is 10.8 Å². The summed E-state index contributed by atoms with van der Waals surface area (Å²) >= 11 is 0. The summed E-state index contributed by atoms with van der Waals surface area (Å²) in [5.74, 6) is 0. The molecule has 0 saturated carbocycles. The molecule has 0 rings (SSSR count). The van der Waals surface area contributed by atoms with Crippen LogP contribution >= 0.6 is 0 Å². The molecule has 14 heavy (non-hydrogen) atoms. The Labute approximate surface area is 81.7 Å². The molecule has 0 radical (unpaired) electrons. The van der Waals surface area contributed by atoms with E-state index in [-0.39, 0.29) is 19.7 Å². The first-order valence-electron chi connectivity index (χ1n) is 4.39. The van der Waals surface area contributed by atoms with Crippen LogP contribution in [0.25, 0.3) is 0 Å². The van der Waals surface area contributed by atoms with Crippen LogP contribution in [0.1, 0.15) is 13.8 Å². The maximum absolute atomic E-state index is 12.0. The van der Waals surface area contributed by atoms with Crippen molar-refractivity contribution in [2.45, 2.75) is 25.6 Å². The molecule has 1 unspecified atom stereocenters. The van der Waals surface area contributed by atoms with Crippen molar-refractivity contribution >= 4 is 0 Å². The molecule has 6 heteroatoms. The van der Waals surface area contributed by atoms with E-state index in [1.807, 2.05) is 0 Å². The predicted octanol–water partition coefficient (Wildman–Crippen LogP) is 0.580. The smallest absolute Gasteiger partial charge is 0.394 e. The van der Waals surface area contributed by atoms with Crippen LogP contribution in [0.4, 0.5) is 13.2 Å². The number of likely N-dealkylation sites (N-methyl/N-ethyl adjacent to an activating group) is 1. The summed E-state index contributed by atoms with van der Waals surface area (Å²) in [5.41, 5.74) is 4.57. The molecule has 1 atom stereocenters. The average Bonchev–Trinajstić information content (AvgIpc) is 2.00. The van der Waals surface area contributed by atoms with Crippen molar-refractivity contribution in [1.29, 1.82) is 0 Å². The molecule has 0 aliphatic heterocycles. The molecule has 0 saturated heterocycles. The maximum Gasteiger partial charge on any atom is 0.401 e. The summed E-state index contributed by atoms with van der Waals surface area (Å²) in [6, 6.07) is 0. The third kappa shape index (κ3) is 6.17. The minimum absolute atomic E-state index is 0.0273. The molecular weight excluding hydrogens is 197 g/mol. The monoisotopic (exact) mass is 214 g/mol. The quantitative estimate of drug-likeness (QED) is 0.704. The second-order valence-corrected chi connectivity index (χ2v) is 3.73. The van der Waals surface area contributed by atoms with Crippen molar-refractivity contribution in [2.75, 3.05) is 26.2 Å². The number of nitrogens with two attached hydrogens (primary N) is 1. The molecule has 0 heterocycles. The lowest BCUT2D eigenvalue weighted by Gasteiger charge is -2.30. The number of aliphatic hydroxyl groups excluding tert-OH is 1. The van der Waals surface area contributed by atoms with Crippen molar-refractivity contribution < 1.29 is 18.3 Å². The Kier molecular flexibility index (Phi) is 4.83. The highest BCUT2D eigenvalue weighted by molar-refractivity contribution is 4.82. The number of rotatable bonds is 5. The van der Waals surface area contributed by atoms with Gasteiger partial charge in [0.25, 0.3) is 0 Å². The summed E-state index contributed by atoms with van der Waals surface area (Å²) < 4.78 is 36.1. The van der Waals surface area contributed by atoms with E-state index in [1.54, 1.807) is 6.92 Å². The number of hydrogen-bond donors (Lipinski definition) is 2. The molecule has 0 aromatic carbocycles. The fourth-order valence-corrected chi connectivity index (χ4v) is 1.09. The van der Waals surface area contributed by atoms with Gasteiger partial charge in [-0.25, -0.2) is 0 Å². The van der Waals surface area contributed by atoms with Crippen LogP contribution in [0, 0.1) is 0 Å². The Morgan fingerprint density at radius 3 is 2.07 bits per heavy atom. The van der Waals surface area contributed by atoms with Crippen LogP contribution in [-0.2, 0) is 0 Å². The van der Waals surface area contributed by atoms with Crippen LogP contribution in [0.5, 0.6) is 0 Å². The highest BCUT2D eigenvalue weighted by Crippen LogP contribution is 2.17. The van der Waals surface area contributed by atoms with Gasteiger partial charge in [-0.2, -0.15) is 13.2 Å². The van der Waals surface area contributed by atoms with E-state index in [1.165, 1.54) is 6.92 Å². The summed E-state index contributed by atoms with van der Waals surface area (Å²) in [6.45, 7) is 2.11. The van der Waals surface area contributed by atoms with Crippen LogP contribution in [0.15, 0.2) is 0 Å². The Morgan fingerprint density at radius 2 is 1.79 bits per heavy atom. The number of halogens is 3. The Bertz CT molecular complexity index is 170. The van der Waals surface area contributed by atoms with Crippen molar-refractivity contribution in [3.63, 3.8) is 0 Å². The average molecular weight is 214 g/mol. The van der Waals surface area contributed by atoms with Crippen molar-refractivity contribution in [2.24, 2.45) is 5.73 Å². The lowest BCUT2D eigenvalue weighted by atomic mass is 10.1. The molecule has 86 valence electrons. The van der Waals surface area contributed by atoms with Gasteiger partial charge >= 0.3 is 6.18 Å². The fraction of sp³-hybridized carbons (Fsp3) is 1.00. The normalized spacial score (nSPS) is 17.1. The molecule has 0 aliphatic carbocycles. The molecule has 3 nitrogen and oxygen atoms in total. The van der Waals surface area contributed by atoms with Crippen LogP contribution < -0.4 is 5.73 Å². The predicted molar refractivity (Wildman–Crippen MR) is 47.8 cm³/mol. The zero-order chi connectivity index (χ0) is 11.4. The lowest BCUT2D eigenvalue weighted by Crippen LogP contribution is -2.52. The largest absolute Gasteiger partial charge is 0.401 e. The molecule has 0 amide bonds. The van der Waals surface area contributed by atoms with Gasteiger partial charge in [0.2, 0.25) is 0 Å². The highest BCUT2D eigenvalue weighted by Gasteiger charge is 2.32. The number of alkyl halides is 3. The Hall–Kier alpha value is -0.330. The lowest BCUT2D eigenvalue weighted by molar-refractivity contribution is -0.147. The van der Waals surface area contributed by atoms with E-state index in [4.69, 9.17) is 10.8 Å². The first kappa shape index (κ1) is 13.7. The van der Waals surface area contributed by atoms with Gasteiger partial charge in [0, 0.05) is 12.1 Å². The Balaban J connectivity index is 4.17. The minimum atomic E-state index is -4.22. The van der Waals surface area contributed by atoms with E-state index < -0.39 is 18.3 Å². The van der Waals surface area contributed by atoms with Gasteiger partial charge in [0.1, 0.15) is 0 Å². The molecule has 0 aromatic heterocycles. The second kappa shape index (κ2) is 4.95. The molecule has 0 aromatic rings. The first-order valence-corrected chi connectivity index (χ1v) is 4.39. The zero-order valence-corrected chi connectivity index (χ0v) is 8.43. The van der Waals surface area contributed by atoms with Gasteiger partial charge in [0.05, 0.1) is 13.2 Å². The van der Waals surface area contributed by atoms with Crippen molar-refractivity contribution in [1.82, 2.24) is 4.90 Å². The van der Waals surface area contributed by atoms with E-state index in [0.717, 1.165) is 4.90 Å². The summed E-state index contributed by atoms with van der Waals surface area (Å²) in [4.78, 5) is 1.16. The number of hydrogen-bond acceptors (Lipinski definition) is 3. The van der Waals surface area contributed by atoms with Gasteiger partial charge in [-0.3, -0.25) is 4.90 Å². The Morgan fingerprint density at radius 1 is 1.29 bits per heavy atom. The van der Waals surface area contributed by atoms with E-state index in [9.17, 15) is 13.2 Å². The van der Waals surface area contributed by atoms with Gasteiger partial charge in [-0.1, -0.05) is 6.92 Å². The first-order chi connectivity index (χ1) is 6.20. The molecule has 0 spiro atoms. The van der Waals surface area contributed by atoms with Crippen LogP contribution in [-0.4, -0.2) is 48.0 Å². The molecule has 0 bridgehead atoms. The number of nitrogens with zero attached hydrogens (tertiary/aromatic N) is 1. The molecule has 0 aliphatic rings. The summed E-state index contributed by atoms with van der Waals surface area (Å²) in [6.07, 6.45) is -4.22. The zero-order valence-electron chi connectivity index (χ0n) is 8.43. The summed E-state index contributed by atoms with van der Waals surface area (Å²) in [7, 11) is 0. The summed E-state index contributed by atoms with van der Waals surface area (Å²) in [5, 5.41) is 8.80. The van der Waals surface area contributed by atoms with Crippen molar-refractivity contribution in [3.05, 3.63) is 0 Å². The number of aliphatic hydroxyl groups is 1. The van der Waals surface area contributed by atoms with Gasteiger partial charge in [-0.05, 0) is 13.5 Å². The third-order valence-corrected chi connectivity index (χ3v) is 1.80. The van der Waals surface area contributed by atoms with Gasteiger partial charge in [-0.15, -0.1) is 0 Å². The van der Waals surface area contributed by atoms with Crippen molar-refractivity contribution in [3.8, 4) is 0 Å².